The highest BCUT2D eigenvalue weighted by Gasteiger charge is 2.15. The van der Waals surface area contributed by atoms with Crippen molar-refractivity contribution in [2.75, 3.05) is 0 Å². The summed E-state index contributed by atoms with van der Waals surface area (Å²) in [5, 5.41) is 0. The van der Waals surface area contributed by atoms with Gasteiger partial charge in [-0.05, 0) is 44.7 Å². The monoisotopic (exact) mass is 200 g/mol. The van der Waals surface area contributed by atoms with E-state index >= 15 is 0 Å². The zero-order chi connectivity index (χ0) is 10.3. The third kappa shape index (κ3) is 1.36. The van der Waals surface area contributed by atoms with E-state index in [2.05, 4.69) is 29.5 Å². The standard InChI is InChI=1S/C13H16N2/c1-10-6-5-9-13-14-11-7-3-2-4-8-12(11)15(10)13/h5-6,9H,2-4,7-8H2,1H3. The molecule has 2 heterocycles. The second kappa shape index (κ2) is 3.37. The van der Waals surface area contributed by atoms with Crippen LogP contribution in [0.2, 0.25) is 0 Å². The molecule has 0 N–H and O–H groups in total. The van der Waals surface area contributed by atoms with Crippen molar-refractivity contribution in [3.8, 4) is 0 Å². The summed E-state index contributed by atoms with van der Waals surface area (Å²) in [4.78, 5) is 4.74. The van der Waals surface area contributed by atoms with Crippen molar-refractivity contribution >= 4 is 5.65 Å². The Morgan fingerprint density at radius 2 is 2.00 bits per heavy atom. The van der Waals surface area contributed by atoms with Crippen molar-refractivity contribution in [1.29, 1.82) is 0 Å². The lowest BCUT2D eigenvalue weighted by molar-refractivity contribution is 0.701. The average Bonchev–Trinajstić information content (AvgIpc) is 2.43. The van der Waals surface area contributed by atoms with Crippen LogP contribution >= 0.6 is 0 Å². The van der Waals surface area contributed by atoms with Crippen LogP contribution in [0.3, 0.4) is 0 Å². The van der Waals surface area contributed by atoms with Gasteiger partial charge in [0.05, 0.1) is 5.69 Å². The van der Waals surface area contributed by atoms with Crippen LogP contribution in [0.15, 0.2) is 18.2 Å². The van der Waals surface area contributed by atoms with Crippen LogP contribution in [0.5, 0.6) is 0 Å². The van der Waals surface area contributed by atoms with Crippen molar-refractivity contribution in [3.63, 3.8) is 0 Å². The van der Waals surface area contributed by atoms with E-state index in [0.717, 1.165) is 12.1 Å². The summed E-state index contributed by atoms with van der Waals surface area (Å²) in [5.41, 5.74) is 5.23. The van der Waals surface area contributed by atoms with Crippen molar-refractivity contribution in [1.82, 2.24) is 9.38 Å². The van der Waals surface area contributed by atoms with Crippen LogP contribution in [0, 0.1) is 6.92 Å². The molecule has 2 nitrogen and oxygen atoms in total. The fourth-order valence-electron chi connectivity index (χ4n) is 2.59. The van der Waals surface area contributed by atoms with E-state index in [4.69, 9.17) is 4.98 Å². The number of nitrogens with zero attached hydrogens (tertiary/aromatic N) is 2. The molecule has 2 aromatic heterocycles. The first-order valence-corrected chi connectivity index (χ1v) is 5.82. The number of rotatable bonds is 0. The number of hydrogen-bond donors (Lipinski definition) is 0. The molecule has 0 aromatic carbocycles. The molecule has 2 aromatic rings. The van der Waals surface area contributed by atoms with Gasteiger partial charge in [0.25, 0.3) is 0 Å². The average molecular weight is 200 g/mol. The summed E-state index contributed by atoms with van der Waals surface area (Å²) < 4.78 is 2.33. The topological polar surface area (TPSA) is 17.3 Å². The summed E-state index contributed by atoms with van der Waals surface area (Å²) in [6, 6.07) is 6.37. The highest BCUT2D eigenvalue weighted by molar-refractivity contribution is 5.45. The summed E-state index contributed by atoms with van der Waals surface area (Å²) >= 11 is 0. The van der Waals surface area contributed by atoms with Crippen molar-refractivity contribution in [3.05, 3.63) is 35.3 Å². The van der Waals surface area contributed by atoms with Crippen LogP contribution in [0.4, 0.5) is 0 Å². The Bertz CT molecular complexity index is 496. The summed E-state index contributed by atoms with van der Waals surface area (Å²) in [6.07, 6.45) is 6.33. The molecule has 1 aliphatic rings. The van der Waals surface area contributed by atoms with Gasteiger partial charge in [-0.3, -0.25) is 0 Å². The molecule has 0 spiro atoms. The zero-order valence-electron chi connectivity index (χ0n) is 9.16. The van der Waals surface area contributed by atoms with Gasteiger partial charge in [0.2, 0.25) is 0 Å². The van der Waals surface area contributed by atoms with E-state index in [1.54, 1.807) is 0 Å². The number of fused-ring (bicyclic) bond motifs is 3. The molecule has 78 valence electrons. The van der Waals surface area contributed by atoms with Gasteiger partial charge in [0.1, 0.15) is 5.65 Å². The quantitative estimate of drug-likeness (QED) is 0.598. The second-order valence-electron chi connectivity index (χ2n) is 4.43. The molecule has 2 heteroatoms. The SMILES string of the molecule is Cc1cccc2nc3c(n12)CCCCC3. The van der Waals surface area contributed by atoms with Crippen molar-refractivity contribution in [2.45, 2.75) is 39.0 Å². The molecule has 15 heavy (non-hydrogen) atoms. The molecular weight excluding hydrogens is 184 g/mol. The van der Waals surface area contributed by atoms with E-state index in [1.807, 2.05) is 0 Å². The largest absolute Gasteiger partial charge is 0.301 e. The smallest absolute Gasteiger partial charge is 0.137 e. The van der Waals surface area contributed by atoms with E-state index in [9.17, 15) is 0 Å². The minimum Gasteiger partial charge on any atom is -0.301 e. The Morgan fingerprint density at radius 3 is 2.93 bits per heavy atom. The summed E-state index contributed by atoms with van der Waals surface area (Å²) in [7, 11) is 0. The lowest BCUT2D eigenvalue weighted by Crippen LogP contribution is -1.97. The van der Waals surface area contributed by atoms with Crippen LogP contribution in [0.25, 0.3) is 5.65 Å². The first kappa shape index (κ1) is 8.96. The molecule has 0 fully saturated rings. The molecule has 0 amide bonds. The van der Waals surface area contributed by atoms with Gasteiger partial charge in [-0.1, -0.05) is 12.5 Å². The zero-order valence-corrected chi connectivity index (χ0v) is 9.16. The van der Waals surface area contributed by atoms with Gasteiger partial charge in [-0.15, -0.1) is 0 Å². The number of imidazole rings is 1. The molecule has 0 aliphatic heterocycles. The fourth-order valence-corrected chi connectivity index (χ4v) is 2.59. The Balaban J connectivity index is 2.29. The maximum absolute atomic E-state index is 4.74. The molecule has 0 bridgehead atoms. The van der Waals surface area contributed by atoms with E-state index in [0.29, 0.717) is 0 Å². The van der Waals surface area contributed by atoms with Gasteiger partial charge in [0.15, 0.2) is 0 Å². The normalized spacial score (nSPS) is 16.3. The second-order valence-corrected chi connectivity index (χ2v) is 4.43. The lowest BCUT2D eigenvalue weighted by Gasteiger charge is -2.04. The first-order chi connectivity index (χ1) is 7.36. The Kier molecular flexibility index (Phi) is 2.01. The van der Waals surface area contributed by atoms with Crippen LogP contribution in [-0.4, -0.2) is 9.38 Å². The lowest BCUT2D eigenvalue weighted by atomic mass is 10.2. The maximum atomic E-state index is 4.74. The van der Waals surface area contributed by atoms with Crippen LogP contribution < -0.4 is 0 Å². The first-order valence-electron chi connectivity index (χ1n) is 5.82. The molecule has 0 saturated heterocycles. The molecule has 0 saturated carbocycles. The number of aryl methyl sites for hydroxylation is 3. The predicted octanol–water partition coefficient (Wildman–Crippen LogP) is 2.91. The maximum Gasteiger partial charge on any atom is 0.137 e. The third-order valence-corrected chi connectivity index (χ3v) is 3.34. The molecule has 3 rings (SSSR count). The molecular formula is C13H16N2. The van der Waals surface area contributed by atoms with Crippen molar-refractivity contribution in [2.24, 2.45) is 0 Å². The fraction of sp³-hybridized carbons (Fsp3) is 0.462. The summed E-state index contributed by atoms with van der Waals surface area (Å²) in [6.45, 7) is 2.17. The Hall–Kier alpha value is -1.31. The Morgan fingerprint density at radius 1 is 1.13 bits per heavy atom. The van der Waals surface area contributed by atoms with E-state index < -0.39 is 0 Å². The minimum atomic E-state index is 1.13. The predicted molar refractivity (Wildman–Crippen MR) is 61.2 cm³/mol. The van der Waals surface area contributed by atoms with Crippen molar-refractivity contribution < 1.29 is 0 Å². The third-order valence-electron chi connectivity index (χ3n) is 3.34. The van der Waals surface area contributed by atoms with Gasteiger partial charge in [-0.25, -0.2) is 4.98 Å². The number of hydrogen-bond acceptors (Lipinski definition) is 1. The van der Waals surface area contributed by atoms with Crippen LogP contribution in [-0.2, 0) is 12.8 Å². The Labute approximate surface area is 90.0 Å². The van der Waals surface area contributed by atoms with Gasteiger partial charge >= 0.3 is 0 Å². The molecule has 0 radical (unpaired) electrons. The van der Waals surface area contributed by atoms with E-state index in [-0.39, 0.29) is 0 Å². The number of pyridine rings is 1. The number of aromatic nitrogens is 2. The highest BCUT2D eigenvalue weighted by Crippen LogP contribution is 2.22. The molecule has 0 atom stereocenters. The van der Waals surface area contributed by atoms with E-state index in [1.165, 1.54) is 42.8 Å². The van der Waals surface area contributed by atoms with Gasteiger partial charge in [0, 0.05) is 11.4 Å². The minimum absolute atomic E-state index is 1.13. The van der Waals surface area contributed by atoms with Crippen LogP contribution in [0.1, 0.15) is 36.3 Å². The summed E-state index contributed by atoms with van der Waals surface area (Å²) in [5.74, 6) is 0. The molecule has 0 unspecified atom stereocenters. The molecule has 1 aliphatic carbocycles. The van der Waals surface area contributed by atoms with Gasteiger partial charge < -0.3 is 4.40 Å². The highest BCUT2D eigenvalue weighted by atomic mass is 15.0. The van der Waals surface area contributed by atoms with Gasteiger partial charge in [-0.2, -0.15) is 0 Å².